The smallest absolute Gasteiger partial charge is 0.337 e. The zero-order valence-corrected chi connectivity index (χ0v) is 16.3. The molecule has 2 amide bonds. The molecule has 26 heavy (non-hydrogen) atoms. The monoisotopic (exact) mass is 379 g/mol. The summed E-state index contributed by atoms with van der Waals surface area (Å²) < 4.78 is 5.14. The van der Waals surface area contributed by atoms with Crippen LogP contribution in [0.3, 0.4) is 0 Å². The summed E-state index contributed by atoms with van der Waals surface area (Å²) in [7, 11) is 0. The van der Waals surface area contributed by atoms with Gasteiger partial charge in [0, 0.05) is 23.3 Å². The Morgan fingerprint density at radius 1 is 1.31 bits per heavy atom. The standard InChI is InChI=1S/C19H26ClN3O3/c1-5-26-18(24)16-12(4)22-19(25)23-15(16)10-21-17(11(2)3)13-6-8-14(20)9-7-13/h6-9,11-12,17,21H,5,10H2,1-4H3,(H2,22,23,25). The van der Waals surface area contributed by atoms with Gasteiger partial charge in [-0.25, -0.2) is 9.59 Å². The summed E-state index contributed by atoms with van der Waals surface area (Å²) in [5.41, 5.74) is 2.08. The van der Waals surface area contributed by atoms with E-state index in [4.69, 9.17) is 16.3 Å². The molecule has 7 heteroatoms. The number of esters is 1. The number of urea groups is 1. The third-order valence-electron chi connectivity index (χ3n) is 4.26. The fourth-order valence-corrected chi connectivity index (χ4v) is 3.17. The Labute approximate surface area is 159 Å². The van der Waals surface area contributed by atoms with Crippen LogP contribution in [0.25, 0.3) is 0 Å². The van der Waals surface area contributed by atoms with Crippen LogP contribution in [0.5, 0.6) is 0 Å². The summed E-state index contributed by atoms with van der Waals surface area (Å²) in [4.78, 5) is 24.1. The van der Waals surface area contributed by atoms with Crippen LogP contribution in [-0.2, 0) is 9.53 Å². The lowest BCUT2D eigenvalue weighted by molar-refractivity contribution is -0.139. The Balaban J connectivity index is 2.23. The first-order valence-electron chi connectivity index (χ1n) is 8.80. The van der Waals surface area contributed by atoms with Gasteiger partial charge in [0.05, 0.1) is 18.2 Å². The first kappa shape index (κ1) is 20.3. The highest BCUT2D eigenvalue weighted by molar-refractivity contribution is 6.30. The van der Waals surface area contributed by atoms with E-state index in [1.807, 2.05) is 24.3 Å². The quantitative estimate of drug-likeness (QED) is 0.636. The second-order valence-corrected chi connectivity index (χ2v) is 7.02. The van der Waals surface area contributed by atoms with E-state index in [2.05, 4.69) is 29.8 Å². The molecule has 0 saturated heterocycles. The van der Waals surface area contributed by atoms with Gasteiger partial charge in [-0.05, 0) is 37.5 Å². The molecule has 3 N–H and O–H groups in total. The molecule has 0 aromatic heterocycles. The van der Waals surface area contributed by atoms with Gasteiger partial charge in [0.2, 0.25) is 0 Å². The molecule has 1 aliphatic rings. The Kier molecular flexibility index (Phi) is 7.06. The van der Waals surface area contributed by atoms with Crippen molar-refractivity contribution in [2.24, 2.45) is 5.92 Å². The molecule has 1 aromatic carbocycles. The zero-order valence-electron chi connectivity index (χ0n) is 15.6. The van der Waals surface area contributed by atoms with Crippen molar-refractivity contribution in [3.63, 3.8) is 0 Å². The minimum Gasteiger partial charge on any atom is -0.463 e. The van der Waals surface area contributed by atoms with E-state index in [1.165, 1.54) is 0 Å². The van der Waals surface area contributed by atoms with E-state index in [0.717, 1.165) is 5.56 Å². The lowest BCUT2D eigenvalue weighted by atomic mass is 9.95. The molecule has 2 atom stereocenters. The molecule has 0 spiro atoms. The zero-order chi connectivity index (χ0) is 19.3. The molecule has 2 rings (SSSR count). The summed E-state index contributed by atoms with van der Waals surface area (Å²) in [6, 6.07) is 6.97. The highest BCUT2D eigenvalue weighted by atomic mass is 35.5. The third kappa shape index (κ3) is 4.99. The molecule has 2 unspecified atom stereocenters. The molecule has 0 aliphatic carbocycles. The fraction of sp³-hybridized carbons (Fsp3) is 0.474. The van der Waals surface area contributed by atoms with Crippen molar-refractivity contribution in [1.29, 1.82) is 0 Å². The Bertz CT molecular complexity index is 686. The number of carbonyl (C=O) groups is 2. The second kappa shape index (κ2) is 9.05. The second-order valence-electron chi connectivity index (χ2n) is 6.59. The molecule has 6 nitrogen and oxygen atoms in total. The SMILES string of the molecule is CCOC(=O)C1=C(CNC(c2ccc(Cl)cc2)C(C)C)NC(=O)NC1C. The summed E-state index contributed by atoms with van der Waals surface area (Å²) >= 11 is 5.98. The average molecular weight is 380 g/mol. The first-order valence-corrected chi connectivity index (χ1v) is 9.17. The molecule has 142 valence electrons. The van der Waals surface area contributed by atoms with Crippen molar-refractivity contribution in [3.8, 4) is 0 Å². The summed E-state index contributed by atoms with van der Waals surface area (Å²) in [6.45, 7) is 8.36. The van der Waals surface area contributed by atoms with Crippen LogP contribution < -0.4 is 16.0 Å². The molecular formula is C19H26ClN3O3. The number of hydrogen-bond acceptors (Lipinski definition) is 4. The van der Waals surface area contributed by atoms with Gasteiger partial charge in [-0.1, -0.05) is 37.6 Å². The molecule has 1 aliphatic heterocycles. The summed E-state index contributed by atoms with van der Waals surface area (Å²) in [5, 5.41) is 9.56. The van der Waals surface area contributed by atoms with E-state index in [1.54, 1.807) is 13.8 Å². The van der Waals surface area contributed by atoms with Gasteiger partial charge in [0.15, 0.2) is 0 Å². The normalized spacial score (nSPS) is 18.4. The van der Waals surface area contributed by atoms with Crippen molar-refractivity contribution in [3.05, 3.63) is 46.1 Å². The molecule has 0 saturated carbocycles. The van der Waals surface area contributed by atoms with Crippen molar-refractivity contribution in [1.82, 2.24) is 16.0 Å². The number of ether oxygens (including phenoxy) is 1. The van der Waals surface area contributed by atoms with Gasteiger partial charge in [-0.15, -0.1) is 0 Å². The maximum Gasteiger partial charge on any atom is 0.337 e. The van der Waals surface area contributed by atoms with Crippen LogP contribution in [0.15, 0.2) is 35.5 Å². The minimum atomic E-state index is -0.420. The number of hydrogen-bond donors (Lipinski definition) is 3. The lowest BCUT2D eigenvalue weighted by Gasteiger charge is -2.29. The molecule has 0 radical (unpaired) electrons. The number of nitrogens with one attached hydrogen (secondary N) is 3. The van der Waals surface area contributed by atoms with Crippen LogP contribution in [0, 0.1) is 5.92 Å². The average Bonchev–Trinajstić information content (AvgIpc) is 2.56. The Hall–Kier alpha value is -2.05. The largest absolute Gasteiger partial charge is 0.463 e. The fourth-order valence-electron chi connectivity index (χ4n) is 3.04. The molecule has 1 heterocycles. The molecule has 0 bridgehead atoms. The van der Waals surface area contributed by atoms with E-state index in [-0.39, 0.29) is 18.7 Å². The van der Waals surface area contributed by atoms with Gasteiger partial charge in [0.25, 0.3) is 0 Å². The summed E-state index contributed by atoms with van der Waals surface area (Å²) in [6.07, 6.45) is 0. The van der Waals surface area contributed by atoms with Crippen molar-refractivity contribution in [2.45, 2.75) is 39.8 Å². The lowest BCUT2D eigenvalue weighted by Crippen LogP contribution is -2.51. The predicted molar refractivity (Wildman–Crippen MR) is 102 cm³/mol. The molecule has 1 aromatic rings. The molecular weight excluding hydrogens is 354 g/mol. The van der Waals surface area contributed by atoms with Gasteiger partial charge < -0.3 is 20.7 Å². The topological polar surface area (TPSA) is 79.5 Å². The Morgan fingerprint density at radius 2 is 1.96 bits per heavy atom. The van der Waals surface area contributed by atoms with Gasteiger partial charge in [0.1, 0.15) is 0 Å². The minimum absolute atomic E-state index is 0.0466. The van der Waals surface area contributed by atoms with E-state index >= 15 is 0 Å². The maximum absolute atomic E-state index is 12.3. The van der Waals surface area contributed by atoms with Crippen LogP contribution >= 0.6 is 11.6 Å². The number of benzene rings is 1. The number of rotatable bonds is 7. The summed E-state index contributed by atoms with van der Waals surface area (Å²) in [5.74, 6) is -0.116. The van der Waals surface area contributed by atoms with E-state index in [9.17, 15) is 9.59 Å². The van der Waals surface area contributed by atoms with Crippen molar-refractivity contribution >= 4 is 23.6 Å². The first-order chi connectivity index (χ1) is 12.3. The third-order valence-corrected chi connectivity index (χ3v) is 4.51. The maximum atomic E-state index is 12.3. The van der Waals surface area contributed by atoms with Gasteiger partial charge in [-0.2, -0.15) is 0 Å². The van der Waals surface area contributed by atoms with Crippen molar-refractivity contribution < 1.29 is 14.3 Å². The number of amides is 2. The van der Waals surface area contributed by atoms with E-state index in [0.29, 0.717) is 28.8 Å². The van der Waals surface area contributed by atoms with Crippen LogP contribution in [0.1, 0.15) is 39.3 Å². The van der Waals surface area contributed by atoms with Crippen molar-refractivity contribution in [2.75, 3.05) is 13.2 Å². The van der Waals surface area contributed by atoms with Crippen LogP contribution in [-0.4, -0.2) is 31.2 Å². The predicted octanol–water partition coefficient (Wildman–Crippen LogP) is 3.15. The van der Waals surface area contributed by atoms with Crippen LogP contribution in [0.4, 0.5) is 4.79 Å². The van der Waals surface area contributed by atoms with Crippen LogP contribution in [0.2, 0.25) is 5.02 Å². The van der Waals surface area contributed by atoms with E-state index < -0.39 is 12.0 Å². The van der Waals surface area contributed by atoms with Gasteiger partial charge >= 0.3 is 12.0 Å². The number of halogens is 1. The number of carbonyl (C=O) groups excluding carboxylic acids is 2. The molecule has 0 fully saturated rings. The highest BCUT2D eigenvalue weighted by Crippen LogP contribution is 2.24. The Morgan fingerprint density at radius 3 is 2.54 bits per heavy atom. The van der Waals surface area contributed by atoms with Gasteiger partial charge in [-0.3, -0.25) is 0 Å². The highest BCUT2D eigenvalue weighted by Gasteiger charge is 2.30.